The number of nitrogens with zero attached hydrogens (tertiary/aromatic N) is 6. The fraction of sp³-hybridized carbons (Fsp3) is 0.417. The fourth-order valence-corrected chi connectivity index (χ4v) is 4.28. The highest BCUT2D eigenvalue weighted by Crippen LogP contribution is 2.23. The van der Waals surface area contributed by atoms with Crippen LogP contribution in [0.2, 0.25) is 0 Å². The molecule has 1 aromatic heterocycles. The first-order valence-corrected chi connectivity index (χ1v) is 10.9. The molecule has 0 atom stereocenters. The van der Waals surface area contributed by atoms with Crippen LogP contribution in [0.15, 0.2) is 60.6 Å². The summed E-state index contributed by atoms with van der Waals surface area (Å²) in [6.45, 7) is 4.42. The molecule has 3 heterocycles. The Labute approximate surface area is 183 Å². The highest BCUT2D eigenvalue weighted by Gasteiger charge is 2.26. The predicted octanol–water partition coefficient (Wildman–Crippen LogP) is 2.49. The Morgan fingerprint density at radius 1 is 1.00 bits per heavy atom. The number of aromatic nitrogens is 2. The van der Waals surface area contributed by atoms with E-state index >= 15 is 0 Å². The summed E-state index contributed by atoms with van der Waals surface area (Å²) in [6, 6.07) is 14.4. The Hall–Kier alpha value is -3.40. The minimum absolute atomic E-state index is 0.144. The van der Waals surface area contributed by atoms with Gasteiger partial charge >= 0.3 is 0 Å². The third-order valence-electron chi connectivity index (χ3n) is 6.08. The van der Waals surface area contributed by atoms with Crippen LogP contribution in [0.1, 0.15) is 18.4 Å². The molecule has 0 spiro atoms. The molecule has 160 valence electrons. The van der Waals surface area contributed by atoms with Crippen molar-refractivity contribution in [1.29, 1.82) is 5.26 Å². The summed E-state index contributed by atoms with van der Waals surface area (Å²) in [4.78, 5) is 27.5. The maximum absolute atomic E-state index is 12.9. The Bertz CT molecular complexity index is 924. The fourth-order valence-electron chi connectivity index (χ4n) is 4.28. The molecule has 0 saturated carbocycles. The average Bonchev–Trinajstić information content (AvgIpc) is 2.84. The molecule has 2 fully saturated rings. The van der Waals surface area contributed by atoms with Crippen LogP contribution in [0.4, 0.5) is 5.95 Å². The Morgan fingerprint density at radius 3 is 2.32 bits per heavy atom. The maximum Gasteiger partial charge on any atom is 0.266 e. The molecular formula is C24H28N6O. The summed E-state index contributed by atoms with van der Waals surface area (Å²) in [5.74, 6) is 1.17. The molecule has 31 heavy (non-hydrogen) atoms. The number of likely N-dealkylation sites (tertiary alicyclic amines) is 1. The van der Waals surface area contributed by atoms with Crippen LogP contribution < -0.4 is 4.90 Å². The van der Waals surface area contributed by atoms with Gasteiger partial charge in [0, 0.05) is 57.9 Å². The van der Waals surface area contributed by atoms with Crippen molar-refractivity contribution in [3.63, 3.8) is 0 Å². The minimum Gasteiger partial charge on any atom is -0.373 e. The summed E-state index contributed by atoms with van der Waals surface area (Å²) < 4.78 is 0. The van der Waals surface area contributed by atoms with Crippen LogP contribution >= 0.6 is 0 Å². The molecule has 2 aliphatic heterocycles. The molecule has 1 amide bonds. The largest absolute Gasteiger partial charge is 0.373 e. The van der Waals surface area contributed by atoms with Gasteiger partial charge in [0.2, 0.25) is 5.95 Å². The zero-order valence-corrected chi connectivity index (χ0v) is 17.7. The Morgan fingerprint density at radius 2 is 1.68 bits per heavy atom. The van der Waals surface area contributed by atoms with Gasteiger partial charge in [0.05, 0.1) is 0 Å². The Kier molecular flexibility index (Phi) is 6.78. The molecule has 2 saturated heterocycles. The van der Waals surface area contributed by atoms with Crippen molar-refractivity contribution in [2.45, 2.75) is 19.3 Å². The molecular weight excluding hydrogens is 388 g/mol. The molecule has 0 unspecified atom stereocenters. The zero-order valence-electron chi connectivity index (χ0n) is 17.7. The van der Waals surface area contributed by atoms with Crippen molar-refractivity contribution in [1.82, 2.24) is 19.8 Å². The van der Waals surface area contributed by atoms with Crippen molar-refractivity contribution in [3.8, 4) is 6.07 Å². The van der Waals surface area contributed by atoms with Crippen LogP contribution in [0.5, 0.6) is 0 Å². The number of nitriles is 1. The van der Waals surface area contributed by atoms with E-state index in [1.54, 1.807) is 24.7 Å². The molecule has 2 aromatic rings. The van der Waals surface area contributed by atoms with E-state index < -0.39 is 0 Å². The van der Waals surface area contributed by atoms with E-state index in [0.29, 0.717) is 19.0 Å². The number of carbonyl (C=O) groups excluding carboxylic acids is 1. The van der Waals surface area contributed by atoms with Gasteiger partial charge in [0.15, 0.2) is 0 Å². The first-order valence-electron chi connectivity index (χ1n) is 10.9. The monoisotopic (exact) mass is 416 g/mol. The lowest BCUT2D eigenvalue weighted by atomic mass is 9.90. The average molecular weight is 417 g/mol. The van der Waals surface area contributed by atoms with E-state index in [0.717, 1.165) is 51.4 Å². The van der Waals surface area contributed by atoms with Crippen LogP contribution in [-0.4, -0.2) is 64.9 Å². The number of hydrogen-bond donors (Lipinski definition) is 0. The third kappa shape index (κ3) is 5.40. The molecule has 4 rings (SSSR count). The molecule has 1 aromatic carbocycles. The molecule has 7 nitrogen and oxygen atoms in total. The number of piperidine rings is 1. The van der Waals surface area contributed by atoms with Gasteiger partial charge in [0.25, 0.3) is 5.91 Å². The summed E-state index contributed by atoms with van der Waals surface area (Å²) in [6.07, 6.45) is 8.24. The van der Waals surface area contributed by atoms with Crippen molar-refractivity contribution >= 4 is 11.9 Å². The molecule has 0 bridgehead atoms. The first kappa shape index (κ1) is 20.9. The lowest BCUT2D eigenvalue weighted by Gasteiger charge is -2.35. The smallest absolute Gasteiger partial charge is 0.266 e. The number of rotatable bonds is 5. The van der Waals surface area contributed by atoms with Gasteiger partial charge in [-0.2, -0.15) is 5.26 Å². The van der Waals surface area contributed by atoms with Crippen molar-refractivity contribution in [3.05, 3.63) is 66.1 Å². The number of piperazine rings is 1. The van der Waals surface area contributed by atoms with Gasteiger partial charge in [-0.1, -0.05) is 30.3 Å². The maximum atomic E-state index is 12.9. The van der Waals surface area contributed by atoms with Crippen molar-refractivity contribution < 1.29 is 4.79 Å². The lowest BCUT2D eigenvalue weighted by Crippen LogP contribution is -2.45. The zero-order chi connectivity index (χ0) is 21.5. The van der Waals surface area contributed by atoms with Crippen molar-refractivity contribution in [2.75, 3.05) is 44.2 Å². The van der Waals surface area contributed by atoms with Gasteiger partial charge in [0.1, 0.15) is 11.6 Å². The van der Waals surface area contributed by atoms with Crippen LogP contribution in [-0.2, 0) is 11.2 Å². The second-order valence-corrected chi connectivity index (χ2v) is 8.15. The number of anilines is 1. The Balaban J connectivity index is 1.29. The van der Waals surface area contributed by atoms with E-state index in [1.807, 2.05) is 11.0 Å². The SMILES string of the molecule is N#C/C(=C/N1CCN(c2ncccn2)CC1)C(=O)N1CCC(Cc2ccccc2)CC1. The summed E-state index contributed by atoms with van der Waals surface area (Å²) in [5.41, 5.74) is 1.58. The number of amides is 1. The van der Waals surface area contributed by atoms with E-state index in [2.05, 4.69) is 50.1 Å². The topological polar surface area (TPSA) is 76.4 Å². The number of hydrogen-bond acceptors (Lipinski definition) is 6. The van der Waals surface area contributed by atoms with Crippen LogP contribution in [0.3, 0.4) is 0 Å². The summed E-state index contributed by atoms with van der Waals surface area (Å²) in [7, 11) is 0. The third-order valence-corrected chi connectivity index (χ3v) is 6.08. The molecule has 0 radical (unpaired) electrons. The van der Waals surface area contributed by atoms with E-state index in [9.17, 15) is 10.1 Å². The van der Waals surface area contributed by atoms with Gasteiger partial charge in [-0.25, -0.2) is 9.97 Å². The highest BCUT2D eigenvalue weighted by atomic mass is 16.2. The van der Waals surface area contributed by atoms with Gasteiger partial charge in [-0.3, -0.25) is 4.79 Å². The molecule has 0 aliphatic carbocycles. The van der Waals surface area contributed by atoms with Crippen LogP contribution in [0.25, 0.3) is 0 Å². The molecule has 0 N–H and O–H groups in total. The molecule has 2 aliphatic rings. The van der Waals surface area contributed by atoms with E-state index in [-0.39, 0.29) is 11.5 Å². The predicted molar refractivity (Wildman–Crippen MR) is 119 cm³/mol. The summed E-state index contributed by atoms with van der Waals surface area (Å²) >= 11 is 0. The lowest BCUT2D eigenvalue weighted by molar-refractivity contribution is -0.128. The highest BCUT2D eigenvalue weighted by molar-refractivity contribution is 5.97. The van der Waals surface area contributed by atoms with Gasteiger partial charge in [-0.15, -0.1) is 0 Å². The number of carbonyl (C=O) groups is 1. The molecule has 7 heteroatoms. The summed E-state index contributed by atoms with van der Waals surface area (Å²) in [5, 5.41) is 9.61. The van der Waals surface area contributed by atoms with Gasteiger partial charge < -0.3 is 14.7 Å². The second-order valence-electron chi connectivity index (χ2n) is 8.15. The number of benzene rings is 1. The first-order chi connectivity index (χ1) is 15.2. The standard InChI is InChI=1S/C24H28N6O/c25-18-22(19-28-13-15-30(16-14-28)24-26-9-4-10-27-24)23(31)29-11-7-21(8-12-29)17-20-5-2-1-3-6-20/h1-6,9-10,19,21H,7-8,11-17H2/b22-19-. The van der Waals surface area contributed by atoms with Gasteiger partial charge in [-0.05, 0) is 36.8 Å². The quantitative estimate of drug-likeness (QED) is 0.551. The van der Waals surface area contributed by atoms with Crippen LogP contribution in [0, 0.1) is 17.2 Å². The minimum atomic E-state index is -0.144. The van der Waals surface area contributed by atoms with E-state index in [1.165, 1.54) is 5.56 Å². The second kappa shape index (κ2) is 10.1. The van der Waals surface area contributed by atoms with E-state index in [4.69, 9.17) is 0 Å². The normalized spacial score (nSPS) is 18.0. The van der Waals surface area contributed by atoms with Crippen molar-refractivity contribution in [2.24, 2.45) is 5.92 Å².